The van der Waals surface area contributed by atoms with Crippen LogP contribution >= 0.6 is 11.8 Å². The van der Waals surface area contributed by atoms with E-state index in [1.165, 1.54) is 0 Å². The normalized spacial score (nSPS) is 21.5. The van der Waals surface area contributed by atoms with Gasteiger partial charge in [-0.15, -0.1) is 0 Å². The van der Waals surface area contributed by atoms with Gasteiger partial charge in [-0.25, -0.2) is 0 Å². The third-order valence-corrected chi connectivity index (χ3v) is 6.16. The van der Waals surface area contributed by atoms with Gasteiger partial charge in [0, 0.05) is 45.7 Å². The maximum absolute atomic E-state index is 12.7. The zero-order valence-electron chi connectivity index (χ0n) is 16.5. The van der Waals surface area contributed by atoms with Gasteiger partial charge in [-0.05, 0) is 50.6 Å². The first-order valence-corrected chi connectivity index (χ1v) is 11.3. The molecule has 27 heavy (non-hydrogen) atoms. The zero-order chi connectivity index (χ0) is 19.2. The molecule has 2 saturated heterocycles. The highest BCUT2D eigenvalue weighted by Crippen LogP contribution is 2.24. The first kappa shape index (κ1) is 20.3. The standard InChI is InChI=1S/C20H31N3O3S/c1-21-10-12-22(13-11-21)19(24)8-5-16-4-3-9-23(14-16)20(25)18-7-6-17(26-18)15-27-2/h6-7,16H,3-5,8-15H2,1-2H3/t16-/m0/s1. The quantitative estimate of drug-likeness (QED) is 0.743. The SMILES string of the molecule is CSCc1ccc(C(=O)N2CCC[C@@H](CCC(=O)N3CCN(C)CC3)C2)o1. The number of amides is 2. The lowest BCUT2D eigenvalue weighted by Crippen LogP contribution is -2.47. The molecule has 0 N–H and O–H groups in total. The van der Waals surface area contributed by atoms with Crippen LogP contribution in [0, 0.1) is 5.92 Å². The maximum Gasteiger partial charge on any atom is 0.289 e. The highest BCUT2D eigenvalue weighted by Gasteiger charge is 2.27. The van der Waals surface area contributed by atoms with E-state index in [1.807, 2.05) is 22.1 Å². The molecule has 2 amide bonds. The van der Waals surface area contributed by atoms with Gasteiger partial charge in [-0.3, -0.25) is 9.59 Å². The summed E-state index contributed by atoms with van der Waals surface area (Å²) in [4.78, 5) is 31.3. The molecule has 6 nitrogen and oxygen atoms in total. The number of piperidine rings is 1. The second kappa shape index (κ2) is 9.64. The lowest BCUT2D eigenvalue weighted by molar-refractivity contribution is -0.133. The number of likely N-dealkylation sites (N-methyl/N-ethyl adjacent to an activating group) is 1. The van der Waals surface area contributed by atoms with Crippen molar-refractivity contribution in [3.63, 3.8) is 0 Å². The molecule has 1 aromatic heterocycles. The predicted octanol–water partition coefficient (Wildman–Crippen LogP) is 2.55. The number of piperazine rings is 1. The van der Waals surface area contributed by atoms with Gasteiger partial charge in [-0.2, -0.15) is 11.8 Å². The summed E-state index contributed by atoms with van der Waals surface area (Å²) in [7, 11) is 2.10. The third-order valence-electron chi connectivity index (χ3n) is 5.59. The molecule has 3 heterocycles. The average molecular weight is 394 g/mol. The van der Waals surface area contributed by atoms with Crippen molar-refractivity contribution in [2.75, 3.05) is 52.6 Å². The highest BCUT2D eigenvalue weighted by atomic mass is 32.2. The monoisotopic (exact) mass is 393 g/mol. The van der Waals surface area contributed by atoms with E-state index in [-0.39, 0.29) is 11.8 Å². The molecule has 150 valence electrons. The molecule has 7 heteroatoms. The summed E-state index contributed by atoms with van der Waals surface area (Å²) in [6.07, 6.45) is 5.57. The summed E-state index contributed by atoms with van der Waals surface area (Å²) in [5, 5.41) is 0. The number of furan rings is 1. The van der Waals surface area contributed by atoms with Crippen molar-refractivity contribution in [3.05, 3.63) is 23.7 Å². The Balaban J connectivity index is 1.47. The van der Waals surface area contributed by atoms with Crippen LogP contribution in [0.15, 0.2) is 16.5 Å². The molecule has 0 radical (unpaired) electrons. The Kier molecular flexibility index (Phi) is 7.24. The molecule has 0 saturated carbocycles. The van der Waals surface area contributed by atoms with Crippen molar-refractivity contribution in [1.82, 2.24) is 14.7 Å². The van der Waals surface area contributed by atoms with E-state index in [2.05, 4.69) is 11.9 Å². The Morgan fingerprint density at radius 3 is 2.67 bits per heavy atom. The van der Waals surface area contributed by atoms with Gasteiger partial charge in [0.2, 0.25) is 5.91 Å². The fourth-order valence-electron chi connectivity index (χ4n) is 3.90. The number of thioether (sulfide) groups is 1. The van der Waals surface area contributed by atoms with Crippen LogP contribution in [0.25, 0.3) is 0 Å². The van der Waals surface area contributed by atoms with E-state index in [9.17, 15) is 9.59 Å². The minimum Gasteiger partial charge on any atom is -0.455 e. The molecule has 2 aliphatic rings. The van der Waals surface area contributed by atoms with Crippen molar-refractivity contribution in [1.29, 1.82) is 0 Å². The fourth-order valence-corrected chi connectivity index (χ4v) is 4.33. The molecule has 1 aromatic rings. The second-order valence-electron chi connectivity index (χ2n) is 7.68. The molecule has 0 bridgehead atoms. The second-order valence-corrected chi connectivity index (χ2v) is 8.55. The molecule has 1 atom stereocenters. The van der Waals surface area contributed by atoms with E-state index >= 15 is 0 Å². The van der Waals surface area contributed by atoms with Crippen LogP contribution in [-0.2, 0) is 10.5 Å². The highest BCUT2D eigenvalue weighted by molar-refractivity contribution is 7.97. The molecule has 0 unspecified atom stereocenters. The lowest BCUT2D eigenvalue weighted by Gasteiger charge is -2.34. The van der Waals surface area contributed by atoms with E-state index in [1.54, 1.807) is 17.8 Å². The van der Waals surface area contributed by atoms with Gasteiger partial charge in [0.25, 0.3) is 5.91 Å². The van der Waals surface area contributed by atoms with Gasteiger partial charge < -0.3 is 19.1 Å². The number of rotatable bonds is 6. The van der Waals surface area contributed by atoms with Crippen LogP contribution in [0.5, 0.6) is 0 Å². The van der Waals surface area contributed by atoms with Crippen LogP contribution in [0.2, 0.25) is 0 Å². The Hall–Kier alpha value is -1.47. The molecule has 0 spiro atoms. The van der Waals surface area contributed by atoms with Crippen LogP contribution < -0.4 is 0 Å². The minimum absolute atomic E-state index is 0.0163. The summed E-state index contributed by atoms with van der Waals surface area (Å²) in [5.41, 5.74) is 0. The zero-order valence-corrected chi connectivity index (χ0v) is 17.3. The fraction of sp³-hybridized carbons (Fsp3) is 0.700. The van der Waals surface area contributed by atoms with E-state index in [4.69, 9.17) is 4.42 Å². The van der Waals surface area contributed by atoms with Crippen LogP contribution in [-0.4, -0.2) is 79.1 Å². The molecule has 2 aliphatic heterocycles. The largest absolute Gasteiger partial charge is 0.455 e. The van der Waals surface area contributed by atoms with Crippen LogP contribution in [0.4, 0.5) is 0 Å². The van der Waals surface area contributed by atoms with Gasteiger partial charge >= 0.3 is 0 Å². The molecular weight excluding hydrogens is 362 g/mol. The smallest absolute Gasteiger partial charge is 0.289 e. The number of carbonyl (C=O) groups is 2. The van der Waals surface area contributed by atoms with E-state index < -0.39 is 0 Å². The number of nitrogens with zero attached hydrogens (tertiary/aromatic N) is 3. The molecule has 0 aliphatic carbocycles. The Morgan fingerprint density at radius 2 is 1.93 bits per heavy atom. The molecule has 0 aromatic carbocycles. The van der Waals surface area contributed by atoms with Crippen molar-refractivity contribution in [2.24, 2.45) is 5.92 Å². The number of hydrogen-bond acceptors (Lipinski definition) is 5. The summed E-state index contributed by atoms with van der Waals surface area (Å²) in [6.45, 7) is 5.09. The first-order chi connectivity index (χ1) is 13.1. The van der Waals surface area contributed by atoms with Crippen molar-refractivity contribution in [2.45, 2.75) is 31.4 Å². The van der Waals surface area contributed by atoms with Gasteiger partial charge in [-0.1, -0.05) is 0 Å². The van der Waals surface area contributed by atoms with Crippen molar-refractivity contribution < 1.29 is 14.0 Å². The van der Waals surface area contributed by atoms with Crippen molar-refractivity contribution >= 4 is 23.6 Å². The number of hydrogen-bond donors (Lipinski definition) is 0. The van der Waals surface area contributed by atoms with Gasteiger partial charge in [0.15, 0.2) is 5.76 Å². The van der Waals surface area contributed by atoms with E-state index in [0.717, 1.165) is 70.0 Å². The first-order valence-electron chi connectivity index (χ1n) is 9.90. The third kappa shape index (κ3) is 5.51. The Morgan fingerprint density at radius 1 is 1.15 bits per heavy atom. The number of likely N-dealkylation sites (tertiary alicyclic amines) is 1. The van der Waals surface area contributed by atoms with Crippen molar-refractivity contribution in [3.8, 4) is 0 Å². The molecule has 2 fully saturated rings. The predicted molar refractivity (Wildman–Crippen MR) is 108 cm³/mol. The topological polar surface area (TPSA) is 57.0 Å². The Bertz CT molecular complexity index is 640. The van der Waals surface area contributed by atoms with Crippen LogP contribution in [0.3, 0.4) is 0 Å². The Labute approximate surface area is 166 Å². The summed E-state index contributed by atoms with van der Waals surface area (Å²) >= 11 is 1.68. The van der Waals surface area contributed by atoms with Gasteiger partial charge in [0.05, 0.1) is 5.75 Å². The summed E-state index contributed by atoms with van der Waals surface area (Å²) in [5.74, 6) is 2.71. The summed E-state index contributed by atoms with van der Waals surface area (Å²) in [6, 6.07) is 3.67. The lowest BCUT2D eigenvalue weighted by atomic mass is 9.93. The van der Waals surface area contributed by atoms with E-state index in [0.29, 0.717) is 18.1 Å². The molecule has 3 rings (SSSR count). The minimum atomic E-state index is -0.0163. The maximum atomic E-state index is 12.7. The number of carbonyl (C=O) groups excluding carboxylic acids is 2. The van der Waals surface area contributed by atoms with Gasteiger partial charge in [0.1, 0.15) is 5.76 Å². The summed E-state index contributed by atoms with van der Waals surface area (Å²) < 4.78 is 5.68. The van der Waals surface area contributed by atoms with Crippen LogP contribution in [0.1, 0.15) is 42.0 Å². The average Bonchev–Trinajstić information content (AvgIpc) is 3.15. The molecular formula is C20H31N3O3S.